The molecule has 3 aromatic rings. The predicted molar refractivity (Wildman–Crippen MR) is 120 cm³/mol. The zero-order chi connectivity index (χ0) is 22.8. The van der Waals surface area contributed by atoms with Gasteiger partial charge in [0.25, 0.3) is 11.5 Å². The maximum atomic E-state index is 12.7. The first-order chi connectivity index (χ1) is 15.4. The number of nitrogens with one attached hydrogen (secondary N) is 2. The lowest BCUT2D eigenvalue weighted by Gasteiger charge is -2.23. The van der Waals surface area contributed by atoms with Crippen molar-refractivity contribution in [3.05, 3.63) is 69.0 Å². The third kappa shape index (κ3) is 4.37. The number of rotatable bonds is 5. The van der Waals surface area contributed by atoms with Gasteiger partial charge < -0.3 is 15.0 Å². The Labute approximate surface area is 191 Å². The van der Waals surface area contributed by atoms with Crippen LogP contribution in [0, 0.1) is 11.3 Å². The molecular weight excluding hydrogens is 452 g/mol. The molecule has 1 aliphatic heterocycles. The second-order valence-corrected chi connectivity index (χ2v) is 8.29. The average Bonchev–Trinajstić information content (AvgIpc) is 2.78. The molecule has 1 aromatic heterocycles. The molecule has 2 heterocycles. The highest BCUT2D eigenvalue weighted by Gasteiger charge is 2.24. The molecule has 8 nitrogen and oxygen atoms in total. The van der Waals surface area contributed by atoms with Crippen molar-refractivity contribution < 1.29 is 14.3 Å². The minimum atomic E-state index is -0.603. The lowest BCUT2D eigenvalue weighted by atomic mass is 10.1. The summed E-state index contributed by atoms with van der Waals surface area (Å²) < 4.78 is 5.49. The minimum absolute atomic E-state index is 0.0150. The van der Waals surface area contributed by atoms with E-state index in [1.165, 1.54) is 0 Å². The van der Waals surface area contributed by atoms with Crippen LogP contribution < -0.4 is 15.6 Å². The zero-order valence-electron chi connectivity index (χ0n) is 16.6. The van der Waals surface area contributed by atoms with Crippen molar-refractivity contribution >= 4 is 40.7 Å². The van der Waals surface area contributed by atoms with Crippen molar-refractivity contribution in [2.75, 3.05) is 11.1 Å². The van der Waals surface area contributed by atoms with Crippen LogP contribution in [0.3, 0.4) is 0 Å². The number of thioether (sulfide) groups is 1. The van der Waals surface area contributed by atoms with E-state index in [2.05, 4.69) is 15.3 Å². The van der Waals surface area contributed by atoms with Crippen LogP contribution in [0.25, 0.3) is 11.3 Å². The van der Waals surface area contributed by atoms with E-state index in [4.69, 9.17) is 16.3 Å². The zero-order valence-corrected chi connectivity index (χ0v) is 18.2. The summed E-state index contributed by atoms with van der Waals surface area (Å²) in [6.07, 6.45) is -0.603. The molecule has 1 atom stereocenters. The van der Waals surface area contributed by atoms with Crippen LogP contribution in [-0.2, 0) is 4.79 Å². The average molecular weight is 467 g/mol. The number of H-pyrrole nitrogens is 1. The van der Waals surface area contributed by atoms with Gasteiger partial charge in [0.15, 0.2) is 17.0 Å². The maximum absolute atomic E-state index is 12.7. The highest BCUT2D eigenvalue weighted by Crippen LogP contribution is 2.31. The Hall–Kier alpha value is -3.61. The lowest BCUT2D eigenvalue weighted by Crippen LogP contribution is -2.34. The van der Waals surface area contributed by atoms with E-state index in [1.54, 1.807) is 49.4 Å². The Morgan fingerprint density at radius 2 is 2.00 bits per heavy atom. The molecule has 0 bridgehead atoms. The number of halogens is 1. The van der Waals surface area contributed by atoms with Crippen LogP contribution in [0.1, 0.15) is 22.8 Å². The number of hydrogen-bond donors (Lipinski definition) is 2. The number of carbonyl (C=O) groups excluding carboxylic acids is 2. The molecule has 1 unspecified atom stereocenters. The van der Waals surface area contributed by atoms with E-state index < -0.39 is 11.7 Å². The number of nitrogens with zero attached hydrogens (tertiary/aromatic N) is 2. The van der Waals surface area contributed by atoms with Crippen LogP contribution in [0.2, 0.25) is 5.02 Å². The van der Waals surface area contributed by atoms with Crippen LogP contribution in [0.5, 0.6) is 5.75 Å². The monoisotopic (exact) mass is 466 g/mol. The van der Waals surface area contributed by atoms with Gasteiger partial charge in [0.2, 0.25) is 0 Å². The second kappa shape index (κ2) is 8.86. The van der Waals surface area contributed by atoms with Crippen molar-refractivity contribution in [3.8, 4) is 23.1 Å². The Morgan fingerprint density at radius 1 is 1.25 bits per heavy atom. The molecule has 0 saturated heterocycles. The van der Waals surface area contributed by atoms with Crippen molar-refractivity contribution in [1.82, 2.24) is 9.97 Å². The number of aromatic nitrogens is 2. The van der Waals surface area contributed by atoms with Gasteiger partial charge in [-0.05, 0) is 37.3 Å². The lowest BCUT2D eigenvalue weighted by molar-refractivity contribution is -0.122. The van der Waals surface area contributed by atoms with Gasteiger partial charge in [0.1, 0.15) is 17.4 Å². The third-order valence-corrected chi connectivity index (χ3v) is 5.82. The second-order valence-electron chi connectivity index (χ2n) is 6.89. The number of anilines is 1. The van der Waals surface area contributed by atoms with Gasteiger partial charge in [-0.1, -0.05) is 35.5 Å². The summed E-state index contributed by atoms with van der Waals surface area (Å²) in [5.74, 6) is -0.0397. The largest absolute Gasteiger partial charge is 0.479 e. The summed E-state index contributed by atoms with van der Waals surface area (Å²) in [5.41, 5.74) is 0.867. The molecular formula is C22H15ClN4O4S. The molecule has 2 N–H and O–H groups in total. The molecule has 2 aromatic carbocycles. The molecule has 1 amide bonds. The molecule has 10 heteroatoms. The van der Waals surface area contributed by atoms with Gasteiger partial charge in [-0.2, -0.15) is 5.26 Å². The quantitative estimate of drug-likeness (QED) is 0.334. The van der Waals surface area contributed by atoms with E-state index in [0.717, 1.165) is 11.8 Å². The number of benzene rings is 2. The summed E-state index contributed by atoms with van der Waals surface area (Å²) in [5, 5.41) is 12.8. The van der Waals surface area contributed by atoms with E-state index in [0.29, 0.717) is 27.6 Å². The Balaban J connectivity index is 1.55. The number of aromatic amines is 1. The normalized spacial score (nSPS) is 14.7. The number of carbonyl (C=O) groups is 2. The molecule has 0 aliphatic carbocycles. The first-order valence-electron chi connectivity index (χ1n) is 9.43. The summed E-state index contributed by atoms with van der Waals surface area (Å²) in [6, 6.07) is 13.3. The maximum Gasteiger partial charge on any atom is 0.270 e. The predicted octanol–water partition coefficient (Wildman–Crippen LogP) is 3.66. The number of ketones is 1. The van der Waals surface area contributed by atoms with Crippen LogP contribution in [-0.4, -0.2) is 33.5 Å². The SMILES string of the molecule is CC1Oc2ccc(C(=O)CSc3nc(-c4ccc(Cl)cc4)c(C#N)c(=O)[nH]3)cc2NC1=O. The smallest absolute Gasteiger partial charge is 0.270 e. The molecule has 0 fully saturated rings. The van der Waals surface area contributed by atoms with Crippen LogP contribution >= 0.6 is 23.4 Å². The molecule has 1 aliphatic rings. The van der Waals surface area contributed by atoms with Gasteiger partial charge in [0.05, 0.1) is 17.1 Å². The molecule has 4 rings (SSSR count). The number of fused-ring (bicyclic) bond motifs is 1. The highest BCUT2D eigenvalue weighted by atomic mass is 35.5. The summed E-state index contributed by atoms with van der Waals surface area (Å²) in [7, 11) is 0. The molecule has 32 heavy (non-hydrogen) atoms. The third-order valence-electron chi connectivity index (χ3n) is 4.70. The fraction of sp³-hybridized carbons (Fsp3) is 0.136. The summed E-state index contributed by atoms with van der Waals surface area (Å²) >= 11 is 6.95. The molecule has 160 valence electrons. The number of nitriles is 1. The topological polar surface area (TPSA) is 125 Å². The Kier molecular flexibility index (Phi) is 5.99. The number of Topliss-reactive ketones (excluding diaryl/α,β-unsaturated/α-hetero) is 1. The van der Waals surface area contributed by atoms with Gasteiger partial charge in [-0.25, -0.2) is 4.98 Å². The Bertz CT molecular complexity index is 1330. The van der Waals surface area contributed by atoms with E-state index in [9.17, 15) is 19.6 Å². The van der Waals surface area contributed by atoms with E-state index >= 15 is 0 Å². The Morgan fingerprint density at radius 3 is 2.72 bits per heavy atom. The van der Waals surface area contributed by atoms with Crippen LogP contribution in [0.4, 0.5) is 5.69 Å². The van der Waals surface area contributed by atoms with Gasteiger partial charge in [0, 0.05) is 16.1 Å². The van der Waals surface area contributed by atoms with E-state index in [-0.39, 0.29) is 33.9 Å². The summed E-state index contributed by atoms with van der Waals surface area (Å²) in [6.45, 7) is 1.64. The van der Waals surface area contributed by atoms with Crippen molar-refractivity contribution in [2.45, 2.75) is 18.2 Å². The fourth-order valence-corrected chi connectivity index (χ4v) is 3.92. The first kappa shape index (κ1) is 21.6. The molecule has 0 radical (unpaired) electrons. The number of hydrogen-bond acceptors (Lipinski definition) is 7. The standard InChI is InChI=1S/C22H15ClN4O4S/c1-11-20(29)25-16-8-13(4-7-18(16)31-11)17(28)10-32-22-26-19(15(9-24)21(30)27-22)12-2-5-14(23)6-3-12/h2-8,11H,10H2,1H3,(H,25,29)(H,26,27,30). The van der Waals surface area contributed by atoms with E-state index in [1.807, 2.05) is 6.07 Å². The van der Waals surface area contributed by atoms with Crippen molar-refractivity contribution in [1.29, 1.82) is 5.26 Å². The minimum Gasteiger partial charge on any atom is -0.479 e. The molecule has 0 saturated carbocycles. The van der Waals surface area contributed by atoms with Crippen molar-refractivity contribution in [2.24, 2.45) is 0 Å². The van der Waals surface area contributed by atoms with Crippen molar-refractivity contribution in [3.63, 3.8) is 0 Å². The van der Waals surface area contributed by atoms with Crippen LogP contribution in [0.15, 0.2) is 52.4 Å². The highest BCUT2D eigenvalue weighted by molar-refractivity contribution is 7.99. The van der Waals surface area contributed by atoms with Gasteiger partial charge >= 0.3 is 0 Å². The van der Waals surface area contributed by atoms with Gasteiger partial charge in [-0.3, -0.25) is 14.4 Å². The fourth-order valence-electron chi connectivity index (χ4n) is 3.04. The molecule has 0 spiro atoms. The number of amides is 1. The van der Waals surface area contributed by atoms with Gasteiger partial charge in [-0.15, -0.1) is 0 Å². The number of ether oxygens (including phenoxy) is 1. The summed E-state index contributed by atoms with van der Waals surface area (Å²) in [4.78, 5) is 43.8. The first-order valence-corrected chi connectivity index (χ1v) is 10.8.